The predicted molar refractivity (Wildman–Crippen MR) is 72.0 cm³/mol. The maximum atomic E-state index is 13.5. The van der Waals surface area contributed by atoms with Crippen LogP contribution in [0.3, 0.4) is 0 Å². The molecule has 4 heteroatoms. The molecular weight excluding hydrogens is 236 g/mol. The average Bonchev–Trinajstić information content (AvgIpc) is 2.31. The smallest absolute Gasteiger partial charge is 0.457 e. The third-order valence-electron chi connectivity index (χ3n) is 3.17. The first kappa shape index (κ1) is 18.1. The van der Waals surface area contributed by atoms with E-state index >= 15 is 0 Å². The number of aryl methyl sites for hydroxylation is 1. The molecule has 1 aromatic rings. The van der Waals surface area contributed by atoms with Gasteiger partial charge in [-0.15, -0.1) is 6.07 Å². The molecule has 0 amide bonds. The molecule has 1 saturated carbocycles. The molecule has 0 aromatic heterocycles. The number of benzene rings is 1. The van der Waals surface area contributed by atoms with Crippen molar-refractivity contribution >= 4 is 18.2 Å². The van der Waals surface area contributed by atoms with Gasteiger partial charge in [-0.3, -0.25) is 4.79 Å². The van der Waals surface area contributed by atoms with Gasteiger partial charge in [-0.2, -0.15) is 13.6 Å². The quantitative estimate of drug-likeness (QED) is 0.344. The van der Waals surface area contributed by atoms with E-state index in [-0.39, 0.29) is 36.2 Å². The number of nitrogens with zero attached hydrogens (tertiary/aromatic N) is 1. The molecular formula is C15H18FLiNO-. The number of carbonyl (C=O) groups excluding carboxylic acids is 1. The fourth-order valence-electron chi connectivity index (χ4n) is 1.92. The van der Waals surface area contributed by atoms with Crippen molar-refractivity contribution in [2.24, 2.45) is 10.9 Å². The van der Waals surface area contributed by atoms with Crippen LogP contribution < -0.4 is 18.9 Å². The van der Waals surface area contributed by atoms with E-state index in [0.717, 1.165) is 24.8 Å². The van der Waals surface area contributed by atoms with E-state index in [0.29, 0.717) is 5.56 Å². The zero-order valence-corrected chi connectivity index (χ0v) is 11.9. The Balaban J connectivity index is 0.00000103. The van der Waals surface area contributed by atoms with E-state index in [9.17, 15) is 9.18 Å². The first-order valence-electron chi connectivity index (χ1n) is 6.09. The number of hydrogen-bond donors (Lipinski definition) is 0. The van der Waals surface area contributed by atoms with Crippen molar-refractivity contribution in [2.45, 2.75) is 33.1 Å². The molecule has 0 heterocycles. The Hall–Kier alpha value is -0.913. The van der Waals surface area contributed by atoms with Crippen molar-refractivity contribution in [1.82, 2.24) is 0 Å². The molecule has 19 heavy (non-hydrogen) atoms. The number of halogens is 1. The summed E-state index contributed by atoms with van der Waals surface area (Å²) in [6.45, 7) is 11.8. The monoisotopic (exact) mass is 254 g/mol. The van der Waals surface area contributed by atoms with E-state index in [4.69, 9.17) is 6.72 Å². The first-order chi connectivity index (χ1) is 8.63. The van der Waals surface area contributed by atoms with Gasteiger partial charge in [0, 0.05) is 11.5 Å². The molecule has 0 radical (unpaired) electrons. The van der Waals surface area contributed by atoms with Crippen LogP contribution in [-0.4, -0.2) is 12.5 Å². The molecule has 98 valence electrons. The minimum absolute atomic E-state index is 0. The van der Waals surface area contributed by atoms with Crippen LogP contribution in [0.2, 0.25) is 0 Å². The Morgan fingerprint density at radius 2 is 2.00 bits per heavy atom. The van der Waals surface area contributed by atoms with Gasteiger partial charge in [0.25, 0.3) is 0 Å². The SMILES string of the molecule is [CH-]=Nc1cc(C)c(C(=O)C2CCC2)cc1F.[CH2-]C.[Li+]. The number of Topliss-reactive ketones (excluding diaryl/α,β-unsaturated/α-hetero) is 1. The van der Waals surface area contributed by atoms with Gasteiger partial charge in [0.05, 0.1) is 5.82 Å². The van der Waals surface area contributed by atoms with E-state index in [1.807, 2.05) is 0 Å². The minimum atomic E-state index is -0.532. The van der Waals surface area contributed by atoms with E-state index in [2.05, 4.69) is 11.9 Å². The maximum Gasteiger partial charge on any atom is 1.00 e. The van der Waals surface area contributed by atoms with Gasteiger partial charge in [-0.25, -0.2) is 4.39 Å². The van der Waals surface area contributed by atoms with Gasteiger partial charge in [0.15, 0.2) is 5.78 Å². The van der Waals surface area contributed by atoms with Gasteiger partial charge in [-0.1, -0.05) is 17.7 Å². The van der Waals surface area contributed by atoms with Crippen molar-refractivity contribution in [3.05, 3.63) is 36.0 Å². The van der Waals surface area contributed by atoms with Gasteiger partial charge in [0.1, 0.15) is 0 Å². The van der Waals surface area contributed by atoms with Crippen molar-refractivity contribution in [2.75, 3.05) is 0 Å². The number of rotatable bonds is 3. The molecule has 0 spiro atoms. The molecule has 0 unspecified atom stereocenters. The van der Waals surface area contributed by atoms with E-state index in [1.165, 1.54) is 12.1 Å². The summed E-state index contributed by atoms with van der Waals surface area (Å²) in [4.78, 5) is 15.3. The third kappa shape index (κ3) is 4.02. The van der Waals surface area contributed by atoms with Crippen LogP contribution in [0.25, 0.3) is 0 Å². The molecule has 1 aromatic carbocycles. The molecule has 0 atom stereocenters. The Kier molecular flexibility index (Phi) is 7.90. The van der Waals surface area contributed by atoms with Gasteiger partial charge < -0.3 is 11.9 Å². The summed E-state index contributed by atoms with van der Waals surface area (Å²) in [7, 11) is 0. The first-order valence-corrected chi connectivity index (χ1v) is 6.09. The average molecular weight is 254 g/mol. The zero-order chi connectivity index (χ0) is 13.7. The maximum absolute atomic E-state index is 13.5. The predicted octanol–water partition coefficient (Wildman–Crippen LogP) is 1.17. The topological polar surface area (TPSA) is 29.4 Å². The number of carbonyl (C=O) groups is 1. The minimum Gasteiger partial charge on any atom is -0.457 e. The standard InChI is InChI=1S/C13H13FNO.C2H5.Li/c1-8-6-12(15-2)11(14)7-10(8)13(16)9-4-3-5-9;1-2;/h2,6-7,9H,3-5H2,1H3;1H2,2H3;/q2*-1;+1. The Labute approximate surface area is 126 Å². The molecule has 1 aliphatic rings. The molecule has 2 rings (SSSR count). The summed E-state index contributed by atoms with van der Waals surface area (Å²) in [6, 6.07) is 2.77. The molecule has 1 aliphatic carbocycles. The second-order valence-electron chi connectivity index (χ2n) is 4.24. The fourth-order valence-corrected chi connectivity index (χ4v) is 1.92. The second kappa shape index (κ2) is 8.30. The van der Waals surface area contributed by atoms with Crippen LogP contribution in [0.5, 0.6) is 0 Å². The Morgan fingerprint density at radius 3 is 2.42 bits per heavy atom. The summed E-state index contributed by atoms with van der Waals surface area (Å²) in [5, 5.41) is 0. The largest absolute Gasteiger partial charge is 1.00 e. The summed E-state index contributed by atoms with van der Waals surface area (Å²) in [5.74, 6) is -0.402. The summed E-state index contributed by atoms with van der Waals surface area (Å²) >= 11 is 0. The molecule has 2 nitrogen and oxygen atoms in total. The molecule has 0 saturated heterocycles. The van der Waals surface area contributed by atoms with Gasteiger partial charge in [-0.05, 0) is 25.8 Å². The van der Waals surface area contributed by atoms with E-state index < -0.39 is 5.82 Å². The van der Waals surface area contributed by atoms with Crippen molar-refractivity contribution < 1.29 is 28.0 Å². The second-order valence-corrected chi connectivity index (χ2v) is 4.24. The van der Waals surface area contributed by atoms with Crippen molar-refractivity contribution in [3.8, 4) is 0 Å². The van der Waals surface area contributed by atoms with Gasteiger partial charge >= 0.3 is 18.9 Å². The van der Waals surface area contributed by atoms with Crippen LogP contribution in [0.15, 0.2) is 17.1 Å². The normalized spacial score (nSPS) is 13.5. The fraction of sp³-hybridized carbons (Fsp3) is 0.400. The van der Waals surface area contributed by atoms with Gasteiger partial charge in [0.2, 0.25) is 0 Å². The van der Waals surface area contributed by atoms with E-state index in [1.54, 1.807) is 13.8 Å². The number of ketones is 1. The zero-order valence-electron chi connectivity index (χ0n) is 11.9. The van der Waals surface area contributed by atoms with Crippen LogP contribution in [0.1, 0.15) is 42.1 Å². The van der Waals surface area contributed by atoms with Crippen LogP contribution in [-0.2, 0) is 0 Å². The molecule has 0 N–H and O–H groups in total. The number of aliphatic imine (C=N–C) groups is 1. The van der Waals surface area contributed by atoms with Crippen LogP contribution in [0, 0.1) is 25.6 Å². The van der Waals surface area contributed by atoms with Crippen molar-refractivity contribution in [1.29, 1.82) is 0 Å². The molecule has 1 fully saturated rings. The molecule has 0 bridgehead atoms. The third-order valence-corrected chi connectivity index (χ3v) is 3.17. The number of hydrogen-bond acceptors (Lipinski definition) is 2. The Morgan fingerprint density at radius 1 is 1.42 bits per heavy atom. The van der Waals surface area contributed by atoms with Crippen molar-refractivity contribution in [3.63, 3.8) is 0 Å². The molecule has 0 aliphatic heterocycles. The van der Waals surface area contributed by atoms with Crippen LogP contribution >= 0.6 is 0 Å². The summed E-state index contributed by atoms with van der Waals surface area (Å²) < 4.78 is 13.5. The Bertz CT molecular complexity index is 456. The summed E-state index contributed by atoms with van der Waals surface area (Å²) in [5.41, 5.74) is 1.31. The van der Waals surface area contributed by atoms with Crippen LogP contribution in [0.4, 0.5) is 10.1 Å². The summed E-state index contributed by atoms with van der Waals surface area (Å²) in [6.07, 6.45) is 2.93.